The van der Waals surface area contributed by atoms with Crippen molar-refractivity contribution < 1.29 is 9.21 Å². The van der Waals surface area contributed by atoms with Crippen LogP contribution in [0.5, 0.6) is 0 Å². The Morgan fingerprint density at radius 2 is 2.10 bits per heavy atom. The highest BCUT2D eigenvalue weighted by atomic mass is 32.2. The molecule has 7 nitrogen and oxygen atoms in total. The summed E-state index contributed by atoms with van der Waals surface area (Å²) < 4.78 is 5.83. The van der Waals surface area contributed by atoms with E-state index in [4.69, 9.17) is 4.42 Å². The van der Waals surface area contributed by atoms with E-state index in [0.717, 1.165) is 37.4 Å². The molecule has 1 fully saturated rings. The predicted molar refractivity (Wildman–Crippen MR) is 115 cm³/mol. The fourth-order valence-corrected chi connectivity index (χ4v) is 4.93. The van der Waals surface area contributed by atoms with Crippen molar-refractivity contribution in [3.8, 4) is 0 Å². The van der Waals surface area contributed by atoms with E-state index in [1.165, 1.54) is 6.20 Å². The van der Waals surface area contributed by atoms with Gasteiger partial charge in [-0.15, -0.1) is 11.8 Å². The Hall–Kier alpha value is -2.84. The lowest BCUT2D eigenvalue weighted by atomic mass is 9.93. The van der Waals surface area contributed by atoms with Crippen molar-refractivity contribution in [1.29, 1.82) is 0 Å². The van der Waals surface area contributed by atoms with Crippen LogP contribution in [0.15, 0.2) is 58.8 Å². The maximum absolute atomic E-state index is 12.8. The van der Waals surface area contributed by atoms with Crippen LogP contribution in [0.2, 0.25) is 0 Å². The number of pyridine rings is 1. The second-order valence-corrected chi connectivity index (χ2v) is 8.14. The number of carbonyl (C=O) groups is 1. The monoisotopic (exact) mass is 407 g/mol. The number of hydrogen-bond donors (Lipinski definition) is 2. The fourth-order valence-electron chi connectivity index (χ4n) is 3.78. The van der Waals surface area contributed by atoms with E-state index >= 15 is 0 Å². The summed E-state index contributed by atoms with van der Waals surface area (Å²) in [5.41, 5.74) is 2.65. The standard InChI is InChI=1S/C21H21N5O2S/c27-20(25-16-11-23-6-5-17(16)26-9-7-22-8-10-26)18-12-24-21(28-18)15-13-29-19-4-2-1-3-14(15)19/h1-6,11-14,19,22H,7-10H2,(H,25,27). The molecule has 2 aliphatic heterocycles. The molecule has 0 radical (unpaired) electrons. The van der Waals surface area contributed by atoms with Crippen LogP contribution < -0.4 is 15.5 Å². The molecule has 2 aromatic heterocycles. The number of oxazole rings is 1. The first kappa shape index (κ1) is 18.2. The van der Waals surface area contributed by atoms with E-state index in [1.54, 1.807) is 24.2 Å². The summed E-state index contributed by atoms with van der Waals surface area (Å²) in [4.78, 5) is 23.6. The molecule has 1 saturated heterocycles. The van der Waals surface area contributed by atoms with Crippen LogP contribution in [0.4, 0.5) is 11.4 Å². The number of thioether (sulfide) groups is 1. The Balaban J connectivity index is 1.33. The molecule has 0 saturated carbocycles. The van der Waals surface area contributed by atoms with Crippen molar-refractivity contribution >= 4 is 34.6 Å². The Morgan fingerprint density at radius 3 is 3.00 bits per heavy atom. The molecule has 0 bridgehead atoms. The highest BCUT2D eigenvalue weighted by Crippen LogP contribution is 2.43. The minimum absolute atomic E-state index is 0.194. The molecule has 2 atom stereocenters. The lowest BCUT2D eigenvalue weighted by Gasteiger charge is -2.30. The molecule has 4 heterocycles. The number of hydrogen-bond acceptors (Lipinski definition) is 7. The van der Waals surface area contributed by atoms with Gasteiger partial charge in [0.05, 0.1) is 23.8 Å². The van der Waals surface area contributed by atoms with Gasteiger partial charge >= 0.3 is 0 Å². The number of piperazine rings is 1. The van der Waals surface area contributed by atoms with Gasteiger partial charge in [-0.05, 0) is 11.5 Å². The van der Waals surface area contributed by atoms with Gasteiger partial charge in [0.2, 0.25) is 11.7 Å². The molecule has 2 aromatic rings. The van der Waals surface area contributed by atoms with Crippen LogP contribution in [0, 0.1) is 5.92 Å². The smallest absolute Gasteiger partial charge is 0.293 e. The zero-order chi connectivity index (χ0) is 19.6. The third-order valence-corrected chi connectivity index (χ3v) is 6.43. The first-order valence-corrected chi connectivity index (χ1v) is 10.6. The first-order chi connectivity index (χ1) is 14.3. The molecule has 8 heteroatoms. The number of rotatable bonds is 4. The number of nitrogens with zero attached hydrogens (tertiary/aromatic N) is 3. The second-order valence-electron chi connectivity index (χ2n) is 7.08. The number of anilines is 2. The van der Waals surface area contributed by atoms with Crippen molar-refractivity contribution in [2.24, 2.45) is 5.92 Å². The minimum atomic E-state index is -0.324. The summed E-state index contributed by atoms with van der Waals surface area (Å²) in [6, 6.07) is 1.93. The van der Waals surface area contributed by atoms with Crippen LogP contribution >= 0.6 is 11.8 Å². The maximum atomic E-state index is 12.8. The van der Waals surface area contributed by atoms with Crippen molar-refractivity contribution in [1.82, 2.24) is 15.3 Å². The highest BCUT2D eigenvalue weighted by molar-refractivity contribution is 8.03. The summed E-state index contributed by atoms with van der Waals surface area (Å²) in [5, 5.41) is 8.72. The van der Waals surface area contributed by atoms with Crippen molar-refractivity contribution in [3.05, 3.63) is 66.0 Å². The van der Waals surface area contributed by atoms with Gasteiger partial charge in [-0.2, -0.15) is 0 Å². The Morgan fingerprint density at radius 1 is 1.24 bits per heavy atom. The molecule has 29 heavy (non-hydrogen) atoms. The zero-order valence-corrected chi connectivity index (χ0v) is 16.6. The van der Waals surface area contributed by atoms with Gasteiger partial charge in [-0.25, -0.2) is 4.98 Å². The number of aromatic nitrogens is 2. The third-order valence-electron chi connectivity index (χ3n) is 5.28. The molecule has 5 rings (SSSR count). The quantitative estimate of drug-likeness (QED) is 0.806. The van der Waals surface area contributed by atoms with E-state index < -0.39 is 0 Å². The topological polar surface area (TPSA) is 83.3 Å². The van der Waals surface area contributed by atoms with E-state index in [9.17, 15) is 4.79 Å². The average Bonchev–Trinajstić information content (AvgIpc) is 3.42. The highest BCUT2D eigenvalue weighted by Gasteiger charge is 2.32. The summed E-state index contributed by atoms with van der Waals surface area (Å²) in [7, 11) is 0. The first-order valence-electron chi connectivity index (χ1n) is 9.67. The molecule has 1 amide bonds. The summed E-state index contributed by atoms with van der Waals surface area (Å²) in [6.45, 7) is 3.60. The van der Waals surface area contributed by atoms with Gasteiger partial charge in [-0.1, -0.05) is 24.3 Å². The fraction of sp³-hybridized carbons (Fsp3) is 0.286. The maximum Gasteiger partial charge on any atom is 0.293 e. The van der Waals surface area contributed by atoms with Crippen molar-refractivity contribution in [3.63, 3.8) is 0 Å². The molecule has 0 spiro atoms. The molecule has 3 aliphatic rings. The average molecular weight is 407 g/mol. The van der Waals surface area contributed by atoms with Gasteiger partial charge in [0.1, 0.15) is 0 Å². The predicted octanol–water partition coefficient (Wildman–Crippen LogP) is 2.93. The SMILES string of the molecule is O=C(Nc1cnccc1N1CCNCC1)c1cnc(C2=CSC3C=CC=CC23)o1. The van der Waals surface area contributed by atoms with Gasteiger partial charge in [0.25, 0.3) is 5.91 Å². The summed E-state index contributed by atoms with van der Waals surface area (Å²) in [5.74, 6) is 0.607. The lowest BCUT2D eigenvalue weighted by molar-refractivity contribution is 0.0996. The second kappa shape index (κ2) is 7.88. The number of carbonyl (C=O) groups excluding carboxylic acids is 1. The minimum Gasteiger partial charge on any atom is -0.431 e. The third kappa shape index (κ3) is 3.61. The van der Waals surface area contributed by atoms with E-state index in [-0.39, 0.29) is 17.6 Å². The van der Waals surface area contributed by atoms with Crippen LogP contribution in [-0.4, -0.2) is 47.3 Å². The van der Waals surface area contributed by atoms with Gasteiger partial charge < -0.3 is 20.0 Å². The Bertz CT molecular complexity index is 1010. The van der Waals surface area contributed by atoms with Crippen LogP contribution in [0.3, 0.4) is 0 Å². The normalized spacial score (nSPS) is 23.0. The lowest BCUT2D eigenvalue weighted by Crippen LogP contribution is -2.43. The molecule has 148 valence electrons. The Labute approximate surface area is 173 Å². The van der Waals surface area contributed by atoms with Gasteiger partial charge in [0.15, 0.2) is 0 Å². The van der Waals surface area contributed by atoms with Crippen LogP contribution in [0.25, 0.3) is 5.57 Å². The zero-order valence-electron chi connectivity index (χ0n) is 15.7. The molecular weight excluding hydrogens is 386 g/mol. The molecule has 2 unspecified atom stereocenters. The van der Waals surface area contributed by atoms with Crippen molar-refractivity contribution in [2.75, 3.05) is 36.4 Å². The van der Waals surface area contributed by atoms with Gasteiger partial charge in [0, 0.05) is 49.1 Å². The number of amides is 1. The largest absolute Gasteiger partial charge is 0.431 e. The molecule has 0 aromatic carbocycles. The van der Waals surface area contributed by atoms with Crippen LogP contribution in [0.1, 0.15) is 16.4 Å². The van der Waals surface area contributed by atoms with E-state index in [2.05, 4.69) is 49.1 Å². The summed E-state index contributed by atoms with van der Waals surface area (Å²) in [6.07, 6.45) is 13.3. The molecular formula is C21H21N5O2S. The number of fused-ring (bicyclic) bond motifs is 1. The Kier molecular flexibility index (Phi) is 4.95. The number of nitrogens with one attached hydrogen (secondary N) is 2. The van der Waals surface area contributed by atoms with Crippen molar-refractivity contribution in [2.45, 2.75) is 5.25 Å². The number of allylic oxidation sites excluding steroid dienone is 4. The van der Waals surface area contributed by atoms with E-state index in [0.29, 0.717) is 16.8 Å². The van der Waals surface area contributed by atoms with E-state index in [1.807, 2.05) is 12.1 Å². The molecule has 1 aliphatic carbocycles. The van der Waals surface area contributed by atoms with Crippen LogP contribution in [-0.2, 0) is 0 Å². The van der Waals surface area contributed by atoms with Gasteiger partial charge in [-0.3, -0.25) is 9.78 Å². The molecule has 2 N–H and O–H groups in total. The summed E-state index contributed by atoms with van der Waals surface area (Å²) >= 11 is 1.75.